The first-order valence-electron chi connectivity index (χ1n) is 6.73. The van der Waals surface area contributed by atoms with Gasteiger partial charge in [0.05, 0.1) is 4.90 Å². The molecule has 2 N–H and O–H groups in total. The van der Waals surface area contributed by atoms with Gasteiger partial charge in [-0.3, -0.25) is 0 Å². The molecule has 0 spiro atoms. The number of sulfonamides is 1. The van der Waals surface area contributed by atoms with E-state index in [1.54, 1.807) is 18.2 Å². The van der Waals surface area contributed by atoms with E-state index in [1.807, 2.05) is 13.8 Å². The molecule has 0 aliphatic heterocycles. The molecule has 1 aromatic rings. The number of nitrogens with one attached hydrogen (secondary N) is 1. The Labute approximate surface area is 121 Å². The molecule has 0 atom stereocenters. The van der Waals surface area contributed by atoms with E-state index >= 15 is 0 Å². The summed E-state index contributed by atoms with van der Waals surface area (Å²) in [5.41, 5.74) is 0.401. The lowest BCUT2D eigenvalue weighted by Gasteiger charge is -2.14. The minimum atomic E-state index is -3.57. The molecule has 4 nitrogen and oxygen atoms in total. The predicted octanol–water partition coefficient (Wildman–Crippen LogP) is 1.74. The van der Waals surface area contributed by atoms with Crippen LogP contribution in [0.3, 0.4) is 0 Å². The van der Waals surface area contributed by atoms with E-state index in [-0.39, 0.29) is 11.5 Å². The first-order valence-corrected chi connectivity index (χ1v) is 8.21. The molecule has 0 aromatic heterocycles. The minimum absolute atomic E-state index is 0.159. The van der Waals surface area contributed by atoms with Crippen LogP contribution < -0.4 is 4.72 Å². The van der Waals surface area contributed by atoms with Crippen molar-refractivity contribution >= 4 is 10.0 Å². The van der Waals surface area contributed by atoms with E-state index < -0.39 is 10.0 Å². The maximum atomic E-state index is 12.3. The van der Waals surface area contributed by atoms with Crippen molar-refractivity contribution in [3.05, 3.63) is 29.8 Å². The van der Waals surface area contributed by atoms with Gasteiger partial charge in [-0.05, 0) is 18.1 Å². The van der Waals surface area contributed by atoms with E-state index in [2.05, 4.69) is 16.6 Å². The van der Waals surface area contributed by atoms with E-state index in [1.165, 1.54) is 6.07 Å². The van der Waals surface area contributed by atoms with Crippen molar-refractivity contribution in [1.82, 2.24) is 4.72 Å². The summed E-state index contributed by atoms with van der Waals surface area (Å²) in [5.74, 6) is 5.48. The summed E-state index contributed by atoms with van der Waals surface area (Å²) in [7, 11) is -3.57. The van der Waals surface area contributed by atoms with Gasteiger partial charge in [-0.2, -0.15) is 0 Å². The molecule has 0 aliphatic carbocycles. The van der Waals surface area contributed by atoms with Gasteiger partial charge in [0, 0.05) is 12.1 Å². The van der Waals surface area contributed by atoms with Gasteiger partial charge < -0.3 is 5.11 Å². The highest BCUT2D eigenvalue weighted by atomic mass is 32.2. The van der Waals surface area contributed by atoms with Crippen LogP contribution in [0.2, 0.25) is 0 Å². The Hall–Kier alpha value is -1.35. The fourth-order valence-electron chi connectivity index (χ4n) is 1.82. The van der Waals surface area contributed by atoms with Crippen molar-refractivity contribution in [3.8, 4) is 11.8 Å². The molecule has 110 valence electrons. The second-order valence-electron chi connectivity index (χ2n) is 4.49. The average molecular weight is 295 g/mol. The van der Waals surface area contributed by atoms with Gasteiger partial charge in [-0.25, -0.2) is 13.1 Å². The summed E-state index contributed by atoms with van der Waals surface area (Å²) in [6, 6.07) is 6.54. The Balaban J connectivity index is 2.98. The third kappa shape index (κ3) is 4.64. The summed E-state index contributed by atoms with van der Waals surface area (Å²) in [5, 5.41) is 8.72. The number of benzene rings is 1. The second kappa shape index (κ2) is 8.05. The fraction of sp³-hybridized carbons (Fsp3) is 0.467. The van der Waals surface area contributed by atoms with Crippen LogP contribution in [-0.2, 0) is 10.0 Å². The van der Waals surface area contributed by atoms with Crippen molar-refractivity contribution in [1.29, 1.82) is 0 Å². The molecule has 0 saturated carbocycles. The Morgan fingerprint density at radius 1 is 1.25 bits per heavy atom. The lowest BCUT2D eigenvalue weighted by molar-refractivity contribution is 0.350. The molecular weight excluding hydrogens is 274 g/mol. The summed E-state index contributed by atoms with van der Waals surface area (Å²) < 4.78 is 27.3. The van der Waals surface area contributed by atoms with Crippen LogP contribution in [0.4, 0.5) is 0 Å². The highest BCUT2D eigenvalue weighted by molar-refractivity contribution is 7.89. The van der Waals surface area contributed by atoms with Gasteiger partial charge in [0.2, 0.25) is 10.0 Å². The lowest BCUT2D eigenvalue weighted by Crippen LogP contribution is -2.29. The molecule has 20 heavy (non-hydrogen) atoms. The Kier molecular flexibility index (Phi) is 6.73. The largest absolute Gasteiger partial charge is 0.384 e. The van der Waals surface area contributed by atoms with E-state index in [0.717, 1.165) is 12.8 Å². The van der Waals surface area contributed by atoms with Gasteiger partial charge in [0.25, 0.3) is 0 Å². The predicted molar refractivity (Wildman–Crippen MR) is 79.7 cm³/mol. The molecule has 0 fully saturated rings. The SMILES string of the molecule is CCC(CC)CNS(=O)(=O)c1ccccc1C#CCO. The molecule has 1 aromatic carbocycles. The minimum Gasteiger partial charge on any atom is -0.384 e. The molecule has 0 bridgehead atoms. The van der Waals surface area contributed by atoms with Gasteiger partial charge in [-0.15, -0.1) is 0 Å². The molecule has 0 aliphatic rings. The Morgan fingerprint density at radius 2 is 1.90 bits per heavy atom. The summed E-state index contributed by atoms with van der Waals surface area (Å²) in [6.45, 7) is 4.22. The summed E-state index contributed by atoms with van der Waals surface area (Å²) in [4.78, 5) is 0.159. The van der Waals surface area contributed by atoms with E-state index in [9.17, 15) is 8.42 Å². The standard InChI is InChI=1S/C15H21NO3S/c1-3-13(4-2)12-16-20(18,19)15-10-6-5-8-14(15)9-7-11-17/h5-6,8,10,13,16-17H,3-4,11-12H2,1-2H3. The number of hydrogen-bond acceptors (Lipinski definition) is 3. The third-order valence-electron chi connectivity index (χ3n) is 3.20. The maximum absolute atomic E-state index is 12.3. The maximum Gasteiger partial charge on any atom is 0.241 e. The molecule has 1 rings (SSSR count). The molecule has 5 heteroatoms. The van der Waals surface area contributed by atoms with Crippen LogP contribution in [-0.4, -0.2) is 26.7 Å². The zero-order valence-electron chi connectivity index (χ0n) is 11.9. The van der Waals surface area contributed by atoms with Crippen LogP contribution >= 0.6 is 0 Å². The zero-order chi connectivity index (χ0) is 15.0. The van der Waals surface area contributed by atoms with Crippen LogP contribution in [0.5, 0.6) is 0 Å². The van der Waals surface area contributed by atoms with Crippen molar-refractivity contribution in [2.75, 3.05) is 13.2 Å². The highest BCUT2D eigenvalue weighted by Crippen LogP contribution is 2.15. The van der Waals surface area contributed by atoms with Crippen molar-refractivity contribution in [3.63, 3.8) is 0 Å². The van der Waals surface area contributed by atoms with Gasteiger partial charge in [0.15, 0.2) is 0 Å². The lowest BCUT2D eigenvalue weighted by atomic mass is 10.0. The number of hydrogen-bond donors (Lipinski definition) is 2. The Morgan fingerprint density at radius 3 is 2.50 bits per heavy atom. The number of aliphatic hydroxyl groups excluding tert-OH is 1. The number of rotatable bonds is 6. The quantitative estimate of drug-likeness (QED) is 0.786. The molecular formula is C15H21NO3S. The third-order valence-corrected chi connectivity index (χ3v) is 4.68. The van der Waals surface area contributed by atoms with Crippen molar-refractivity contribution in [2.45, 2.75) is 31.6 Å². The fourth-order valence-corrected chi connectivity index (χ4v) is 3.10. The van der Waals surface area contributed by atoms with Crippen LogP contribution in [0.15, 0.2) is 29.2 Å². The monoisotopic (exact) mass is 295 g/mol. The van der Waals surface area contributed by atoms with Crippen molar-refractivity contribution in [2.24, 2.45) is 5.92 Å². The van der Waals surface area contributed by atoms with E-state index in [0.29, 0.717) is 18.0 Å². The normalized spacial score (nSPS) is 11.2. The van der Waals surface area contributed by atoms with Crippen LogP contribution in [0.1, 0.15) is 32.3 Å². The molecule has 0 amide bonds. The molecule has 0 saturated heterocycles. The topological polar surface area (TPSA) is 66.4 Å². The highest BCUT2D eigenvalue weighted by Gasteiger charge is 2.18. The summed E-state index contributed by atoms with van der Waals surface area (Å²) >= 11 is 0. The van der Waals surface area contributed by atoms with Gasteiger partial charge >= 0.3 is 0 Å². The van der Waals surface area contributed by atoms with Crippen LogP contribution in [0.25, 0.3) is 0 Å². The van der Waals surface area contributed by atoms with Gasteiger partial charge in [0.1, 0.15) is 6.61 Å². The first kappa shape index (κ1) is 16.7. The first-order chi connectivity index (χ1) is 9.55. The molecule has 0 radical (unpaired) electrons. The van der Waals surface area contributed by atoms with E-state index in [4.69, 9.17) is 5.11 Å². The molecule has 0 heterocycles. The summed E-state index contributed by atoms with van der Waals surface area (Å²) in [6.07, 6.45) is 1.87. The average Bonchev–Trinajstić information content (AvgIpc) is 2.46. The number of aliphatic hydroxyl groups is 1. The van der Waals surface area contributed by atoms with Crippen molar-refractivity contribution < 1.29 is 13.5 Å². The van der Waals surface area contributed by atoms with Gasteiger partial charge in [-0.1, -0.05) is 50.7 Å². The smallest absolute Gasteiger partial charge is 0.241 e. The second-order valence-corrected chi connectivity index (χ2v) is 6.23. The zero-order valence-corrected chi connectivity index (χ0v) is 12.7. The molecule has 0 unspecified atom stereocenters. The Bertz CT molecular complexity index is 581. The van der Waals surface area contributed by atoms with Crippen LogP contribution in [0, 0.1) is 17.8 Å².